The van der Waals surface area contributed by atoms with E-state index in [1.165, 1.54) is 16.4 Å². The van der Waals surface area contributed by atoms with Gasteiger partial charge in [-0.15, -0.1) is 0 Å². The van der Waals surface area contributed by atoms with E-state index in [0.29, 0.717) is 31.9 Å². The van der Waals surface area contributed by atoms with Crippen LogP contribution in [0.15, 0.2) is 23.1 Å². The highest BCUT2D eigenvalue weighted by Gasteiger charge is 2.28. The third kappa shape index (κ3) is 4.57. The first-order valence-electron chi connectivity index (χ1n) is 9.17. The Labute approximate surface area is 159 Å². The molecule has 0 spiro atoms. The average molecular weight is 401 g/mol. The first kappa shape index (κ1) is 19.6. The molecule has 2 fully saturated rings. The third-order valence-corrected chi connectivity index (χ3v) is 7.25. The number of carbonyl (C=O) groups excluding carboxylic acids is 1. The maximum atomic E-state index is 13.0. The number of amides is 1. The zero-order valence-electron chi connectivity index (χ0n) is 14.7. The molecule has 3 rings (SSSR count). The van der Waals surface area contributed by atoms with Gasteiger partial charge in [0.25, 0.3) is 5.91 Å². The molecule has 2 aliphatic heterocycles. The molecule has 2 saturated heterocycles. The number of hydrogen-bond acceptors (Lipinski definition) is 4. The van der Waals surface area contributed by atoms with Crippen LogP contribution in [0.1, 0.15) is 48.9 Å². The molecule has 1 amide bonds. The fraction of sp³-hybridized carbons (Fsp3) is 0.611. The SMILES string of the molecule is O=C(NC1CCCOC1)c1ccc(Cl)c(S(=O)(=O)N2CCCCCC2)c1. The van der Waals surface area contributed by atoms with E-state index < -0.39 is 10.0 Å². The second-order valence-electron chi connectivity index (χ2n) is 6.85. The molecule has 1 atom stereocenters. The van der Waals surface area contributed by atoms with Crippen LogP contribution in [0.4, 0.5) is 0 Å². The van der Waals surface area contributed by atoms with Crippen molar-refractivity contribution in [3.8, 4) is 0 Å². The minimum atomic E-state index is -3.71. The van der Waals surface area contributed by atoms with E-state index in [4.69, 9.17) is 16.3 Å². The minimum Gasteiger partial charge on any atom is -0.379 e. The van der Waals surface area contributed by atoms with Crippen LogP contribution in [0, 0.1) is 0 Å². The van der Waals surface area contributed by atoms with Gasteiger partial charge in [0, 0.05) is 25.3 Å². The highest BCUT2D eigenvalue weighted by atomic mass is 35.5. The Morgan fingerprint density at radius 3 is 2.54 bits per heavy atom. The Morgan fingerprint density at radius 2 is 1.88 bits per heavy atom. The van der Waals surface area contributed by atoms with Gasteiger partial charge in [0.15, 0.2) is 0 Å². The van der Waals surface area contributed by atoms with Gasteiger partial charge in [-0.3, -0.25) is 4.79 Å². The van der Waals surface area contributed by atoms with Crippen LogP contribution in [0.3, 0.4) is 0 Å². The van der Waals surface area contributed by atoms with E-state index in [9.17, 15) is 13.2 Å². The van der Waals surface area contributed by atoms with Crippen molar-refractivity contribution in [1.29, 1.82) is 0 Å². The highest BCUT2D eigenvalue weighted by molar-refractivity contribution is 7.89. The Morgan fingerprint density at radius 1 is 1.15 bits per heavy atom. The molecule has 1 N–H and O–H groups in total. The number of rotatable bonds is 4. The van der Waals surface area contributed by atoms with Crippen LogP contribution >= 0.6 is 11.6 Å². The molecule has 1 aromatic rings. The Hall–Kier alpha value is -1.15. The second kappa shape index (κ2) is 8.69. The van der Waals surface area contributed by atoms with Crippen LogP contribution < -0.4 is 5.32 Å². The molecule has 0 aliphatic carbocycles. The molecule has 2 heterocycles. The average Bonchev–Trinajstić information content (AvgIpc) is 2.92. The molecule has 144 valence electrons. The van der Waals surface area contributed by atoms with Gasteiger partial charge in [-0.25, -0.2) is 8.42 Å². The zero-order chi connectivity index (χ0) is 18.6. The lowest BCUT2D eigenvalue weighted by molar-refractivity contribution is 0.0624. The number of sulfonamides is 1. The summed E-state index contributed by atoms with van der Waals surface area (Å²) in [4.78, 5) is 12.5. The molecule has 8 heteroatoms. The topological polar surface area (TPSA) is 75.7 Å². The molecule has 6 nitrogen and oxygen atoms in total. The molecule has 2 aliphatic rings. The number of ether oxygens (including phenoxy) is 1. The highest BCUT2D eigenvalue weighted by Crippen LogP contribution is 2.27. The summed E-state index contributed by atoms with van der Waals surface area (Å²) in [5.74, 6) is -0.301. The van der Waals surface area contributed by atoms with E-state index in [-0.39, 0.29) is 21.9 Å². The maximum absolute atomic E-state index is 13.0. The van der Waals surface area contributed by atoms with Crippen molar-refractivity contribution in [3.05, 3.63) is 28.8 Å². The van der Waals surface area contributed by atoms with E-state index in [0.717, 1.165) is 38.5 Å². The van der Waals surface area contributed by atoms with Crippen molar-refractivity contribution in [2.24, 2.45) is 0 Å². The fourth-order valence-electron chi connectivity index (χ4n) is 3.39. The Kier molecular flexibility index (Phi) is 6.55. The van der Waals surface area contributed by atoms with Crippen molar-refractivity contribution < 1.29 is 17.9 Å². The van der Waals surface area contributed by atoms with Crippen LogP contribution in [-0.2, 0) is 14.8 Å². The van der Waals surface area contributed by atoms with Gasteiger partial charge in [-0.1, -0.05) is 24.4 Å². The molecular weight excluding hydrogens is 376 g/mol. The van der Waals surface area contributed by atoms with Gasteiger partial charge in [0.1, 0.15) is 4.90 Å². The van der Waals surface area contributed by atoms with Crippen LogP contribution in [0.2, 0.25) is 5.02 Å². The van der Waals surface area contributed by atoms with Gasteiger partial charge < -0.3 is 10.1 Å². The summed E-state index contributed by atoms with van der Waals surface area (Å²) in [6.45, 7) is 2.19. The third-order valence-electron chi connectivity index (χ3n) is 4.87. The summed E-state index contributed by atoms with van der Waals surface area (Å²) < 4.78 is 32.9. The van der Waals surface area contributed by atoms with Crippen LogP contribution in [0.5, 0.6) is 0 Å². The van der Waals surface area contributed by atoms with Crippen molar-refractivity contribution in [2.75, 3.05) is 26.3 Å². The summed E-state index contributed by atoms with van der Waals surface area (Å²) in [7, 11) is -3.71. The quantitative estimate of drug-likeness (QED) is 0.843. The van der Waals surface area contributed by atoms with Gasteiger partial charge in [0.05, 0.1) is 17.7 Å². The number of benzene rings is 1. The Bertz CT molecular complexity index is 740. The molecule has 1 aromatic carbocycles. The maximum Gasteiger partial charge on any atom is 0.251 e. The number of nitrogens with one attached hydrogen (secondary N) is 1. The number of nitrogens with zero attached hydrogens (tertiary/aromatic N) is 1. The second-order valence-corrected chi connectivity index (χ2v) is 9.16. The smallest absolute Gasteiger partial charge is 0.251 e. The largest absolute Gasteiger partial charge is 0.379 e. The monoisotopic (exact) mass is 400 g/mol. The van der Waals surface area contributed by atoms with E-state index >= 15 is 0 Å². The zero-order valence-corrected chi connectivity index (χ0v) is 16.3. The van der Waals surface area contributed by atoms with Crippen molar-refractivity contribution in [1.82, 2.24) is 9.62 Å². The lowest BCUT2D eigenvalue weighted by Gasteiger charge is -2.23. The lowest BCUT2D eigenvalue weighted by Crippen LogP contribution is -2.40. The molecule has 0 aromatic heterocycles. The van der Waals surface area contributed by atoms with E-state index in [1.54, 1.807) is 6.07 Å². The van der Waals surface area contributed by atoms with Gasteiger partial charge >= 0.3 is 0 Å². The molecular formula is C18H25ClN2O4S. The van der Waals surface area contributed by atoms with Gasteiger partial charge in [0.2, 0.25) is 10.0 Å². The van der Waals surface area contributed by atoms with Crippen molar-refractivity contribution in [2.45, 2.75) is 49.5 Å². The fourth-order valence-corrected chi connectivity index (χ4v) is 5.40. The molecule has 0 saturated carbocycles. The standard InChI is InChI=1S/C18H25ClN2O4S/c19-16-8-7-14(18(22)20-15-6-5-11-25-13-15)12-17(16)26(23,24)21-9-3-1-2-4-10-21/h7-8,12,15H,1-6,9-11,13H2,(H,20,22). The summed E-state index contributed by atoms with van der Waals surface area (Å²) >= 11 is 6.18. The first-order chi connectivity index (χ1) is 12.5. The molecule has 26 heavy (non-hydrogen) atoms. The lowest BCUT2D eigenvalue weighted by atomic mass is 10.1. The van der Waals surface area contributed by atoms with Gasteiger partial charge in [-0.2, -0.15) is 4.31 Å². The minimum absolute atomic E-state index is 0.00797. The summed E-state index contributed by atoms with van der Waals surface area (Å²) in [5.41, 5.74) is 0.299. The number of halogens is 1. The summed E-state index contributed by atoms with van der Waals surface area (Å²) in [5, 5.41) is 3.05. The first-order valence-corrected chi connectivity index (χ1v) is 11.0. The normalized spacial score (nSPS) is 22.6. The van der Waals surface area contributed by atoms with Crippen LogP contribution in [0.25, 0.3) is 0 Å². The molecule has 0 bridgehead atoms. The number of carbonyl (C=O) groups is 1. The number of hydrogen-bond donors (Lipinski definition) is 1. The van der Waals surface area contributed by atoms with Gasteiger partial charge in [-0.05, 0) is 43.9 Å². The summed E-state index contributed by atoms with van der Waals surface area (Å²) in [6, 6.07) is 4.39. The Balaban J connectivity index is 1.81. The van der Waals surface area contributed by atoms with Crippen molar-refractivity contribution >= 4 is 27.5 Å². The predicted molar refractivity (Wildman–Crippen MR) is 100.0 cm³/mol. The predicted octanol–water partition coefficient (Wildman–Crippen LogP) is 2.81. The van der Waals surface area contributed by atoms with Crippen LogP contribution in [-0.4, -0.2) is 51.0 Å². The van der Waals surface area contributed by atoms with E-state index in [2.05, 4.69) is 5.32 Å². The van der Waals surface area contributed by atoms with E-state index in [1.807, 2.05) is 0 Å². The van der Waals surface area contributed by atoms with Crippen molar-refractivity contribution in [3.63, 3.8) is 0 Å². The molecule has 1 unspecified atom stereocenters. The molecule has 0 radical (unpaired) electrons. The summed E-state index contributed by atoms with van der Waals surface area (Å²) in [6.07, 6.45) is 5.52.